The van der Waals surface area contributed by atoms with E-state index >= 15 is 0 Å². The minimum Gasteiger partial charge on any atom is -0.391 e. The molecule has 0 aromatic heterocycles. The minimum atomic E-state index is -0.429. The molecule has 6 heteroatoms. The molecular weight excluding hydrogens is 246 g/mol. The highest BCUT2D eigenvalue weighted by atomic mass is 16.5. The Labute approximate surface area is 115 Å². The summed E-state index contributed by atoms with van der Waals surface area (Å²) in [7, 11) is 0. The molecule has 0 unspecified atom stereocenters. The van der Waals surface area contributed by atoms with Crippen molar-refractivity contribution in [2.75, 3.05) is 26.2 Å². The molecule has 0 radical (unpaired) electrons. The van der Waals surface area contributed by atoms with Gasteiger partial charge in [-0.15, -0.1) is 5.01 Å². The Balaban J connectivity index is 2.37. The van der Waals surface area contributed by atoms with E-state index in [4.69, 9.17) is 10.5 Å². The zero-order valence-corrected chi connectivity index (χ0v) is 12.1. The summed E-state index contributed by atoms with van der Waals surface area (Å²) < 4.78 is 5.56. The molecule has 0 aromatic carbocycles. The first-order valence-electron chi connectivity index (χ1n) is 7.25. The Morgan fingerprint density at radius 2 is 2.16 bits per heavy atom. The molecule has 2 atom stereocenters. The van der Waals surface area contributed by atoms with Gasteiger partial charge in [0.25, 0.3) is 0 Å². The monoisotopic (exact) mass is 274 g/mol. The van der Waals surface area contributed by atoms with Crippen molar-refractivity contribution >= 4 is 0 Å². The minimum absolute atomic E-state index is 0.00981. The first kappa shape index (κ1) is 16.3. The maximum absolute atomic E-state index is 12.1. The molecule has 1 fully saturated rings. The van der Waals surface area contributed by atoms with Gasteiger partial charge in [0.2, 0.25) is 6.54 Å². The van der Waals surface area contributed by atoms with Crippen LogP contribution in [0, 0.1) is 4.91 Å². The molecule has 112 valence electrons. The molecule has 1 heterocycles. The number of rotatable bonds is 9. The summed E-state index contributed by atoms with van der Waals surface area (Å²) in [6, 6.07) is -0.00981. The molecule has 0 bridgehead atoms. The zero-order valence-electron chi connectivity index (χ0n) is 12.1. The van der Waals surface area contributed by atoms with Gasteiger partial charge < -0.3 is 15.6 Å². The van der Waals surface area contributed by atoms with E-state index in [0.717, 1.165) is 24.1 Å². The van der Waals surface area contributed by atoms with E-state index in [1.807, 2.05) is 13.8 Å². The van der Waals surface area contributed by atoms with E-state index in [1.54, 1.807) is 5.01 Å². The number of ether oxygens (including phenoxy) is 1. The van der Waals surface area contributed by atoms with Gasteiger partial charge in [0.15, 0.2) is 0 Å². The maximum Gasteiger partial charge on any atom is 0.225 e. The first-order chi connectivity index (χ1) is 9.04. The Morgan fingerprint density at radius 3 is 2.79 bits per heavy atom. The average Bonchev–Trinajstić information content (AvgIpc) is 2.73. The van der Waals surface area contributed by atoms with Gasteiger partial charge in [-0.05, 0) is 33.2 Å². The van der Waals surface area contributed by atoms with E-state index in [-0.39, 0.29) is 12.1 Å². The van der Waals surface area contributed by atoms with Crippen LogP contribution in [0.2, 0.25) is 0 Å². The van der Waals surface area contributed by atoms with Gasteiger partial charge in [-0.1, -0.05) is 0 Å². The molecular formula is C13H28N3O3+. The zero-order chi connectivity index (χ0) is 14.3. The predicted octanol–water partition coefficient (Wildman–Crippen LogP) is 0.670. The quantitative estimate of drug-likeness (QED) is 0.477. The number of nitroso groups, excluding NO2 is 1. The maximum atomic E-state index is 12.1. The molecule has 6 nitrogen and oxygen atoms in total. The Bertz CT molecular complexity index is 274. The molecule has 0 aromatic rings. The number of β-amino-alcohol motifs (C(OH)–C–C–N with tert-alkyl or cyclic N) is 1. The third-order valence-electron chi connectivity index (χ3n) is 3.33. The summed E-state index contributed by atoms with van der Waals surface area (Å²) >= 11 is 0. The largest absolute Gasteiger partial charge is 0.391 e. The summed E-state index contributed by atoms with van der Waals surface area (Å²) in [5, 5.41) is 11.4. The van der Waals surface area contributed by atoms with Crippen LogP contribution in [0.5, 0.6) is 0 Å². The summed E-state index contributed by atoms with van der Waals surface area (Å²) in [6.07, 6.45) is 3.08. The fourth-order valence-electron chi connectivity index (χ4n) is 2.30. The molecule has 0 amide bonds. The van der Waals surface area contributed by atoms with Crippen LogP contribution in [0.1, 0.15) is 39.5 Å². The van der Waals surface area contributed by atoms with Gasteiger partial charge in [-0.25, -0.2) is 0 Å². The second kappa shape index (κ2) is 8.45. The van der Waals surface area contributed by atoms with Crippen LogP contribution in [-0.2, 0) is 4.74 Å². The number of hydrogen-bond donors (Lipinski definition) is 2. The number of nitrogens with zero attached hydrogens (tertiary/aromatic N) is 2. The lowest BCUT2D eigenvalue weighted by molar-refractivity contribution is -0.712. The summed E-state index contributed by atoms with van der Waals surface area (Å²) in [4.78, 5) is 13.0. The van der Waals surface area contributed by atoms with E-state index in [2.05, 4.69) is 0 Å². The van der Waals surface area contributed by atoms with Crippen molar-refractivity contribution < 1.29 is 14.7 Å². The third-order valence-corrected chi connectivity index (χ3v) is 3.33. The lowest BCUT2D eigenvalue weighted by Crippen LogP contribution is -2.41. The summed E-state index contributed by atoms with van der Waals surface area (Å²) in [5.41, 5.74) is 5.42. The standard InChI is InChI=1S/C13H28N3O3/c1-11(2)19-10-12-8-13(17)9-15(12)16(18)7-5-3-4-6-14/h11-13,17H,3-10,14H2,1-2H3/q+1/t12-,13+/m0/s1. The van der Waals surface area contributed by atoms with Gasteiger partial charge in [-0.3, -0.25) is 0 Å². The molecule has 1 aliphatic heterocycles. The number of hydrazine groups is 1. The van der Waals surface area contributed by atoms with Crippen molar-refractivity contribution in [3.63, 3.8) is 0 Å². The number of nitrogens with two attached hydrogens (primary N) is 1. The van der Waals surface area contributed by atoms with Crippen molar-refractivity contribution in [2.24, 2.45) is 5.73 Å². The summed E-state index contributed by atoms with van der Waals surface area (Å²) in [6.45, 7) is 5.98. The van der Waals surface area contributed by atoms with E-state index in [9.17, 15) is 10.0 Å². The van der Waals surface area contributed by atoms with Crippen LogP contribution < -0.4 is 5.73 Å². The number of aliphatic hydroxyl groups excluding tert-OH is 1. The number of hydrogen-bond acceptors (Lipinski definition) is 4. The van der Waals surface area contributed by atoms with Gasteiger partial charge in [0.1, 0.15) is 17.5 Å². The second-order valence-electron chi connectivity index (χ2n) is 5.47. The highest BCUT2D eigenvalue weighted by Crippen LogP contribution is 2.19. The lowest BCUT2D eigenvalue weighted by Gasteiger charge is -2.18. The van der Waals surface area contributed by atoms with Crippen LogP contribution in [0.4, 0.5) is 0 Å². The van der Waals surface area contributed by atoms with Crippen molar-refractivity contribution in [1.82, 2.24) is 5.01 Å². The molecule has 0 saturated carbocycles. The first-order valence-corrected chi connectivity index (χ1v) is 7.25. The highest BCUT2D eigenvalue weighted by molar-refractivity contribution is 4.80. The van der Waals surface area contributed by atoms with Crippen LogP contribution in [-0.4, -0.2) is 59.5 Å². The van der Waals surface area contributed by atoms with E-state index in [0.29, 0.717) is 32.7 Å². The van der Waals surface area contributed by atoms with Crippen molar-refractivity contribution in [2.45, 2.75) is 57.8 Å². The molecule has 3 N–H and O–H groups in total. The Morgan fingerprint density at radius 1 is 1.42 bits per heavy atom. The van der Waals surface area contributed by atoms with Crippen molar-refractivity contribution in [3.05, 3.63) is 4.91 Å². The Kier molecular flexibility index (Phi) is 7.27. The fraction of sp³-hybridized carbons (Fsp3) is 1.00. The lowest BCUT2D eigenvalue weighted by atomic mass is 10.2. The molecule has 1 saturated heterocycles. The van der Waals surface area contributed by atoms with Crippen LogP contribution in [0.3, 0.4) is 0 Å². The van der Waals surface area contributed by atoms with Gasteiger partial charge in [0.05, 0.1) is 23.7 Å². The van der Waals surface area contributed by atoms with Crippen LogP contribution in [0.15, 0.2) is 0 Å². The SMILES string of the molecule is CC(C)OC[C@@H]1C[C@@H](O)CN1[N+](=O)CCCCCN. The molecule has 19 heavy (non-hydrogen) atoms. The van der Waals surface area contributed by atoms with Crippen molar-refractivity contribution in [1.29, 1.82) is 0 Å². The average molecular weight is 274 g/mol. The topological polar surface area (TPSA) is 78.8 Å². The normalized spacial score (nSPS) is 23.3. The summed E-state index contributed by atoms with van der Waals surface area (Å²) in [5.74, 6) is 0. The molecule has 1 rings (SSSR count). The van der Waals surface area contributed by atoms with Gasteiger partial charge in [0, 0.05) is 12.8 Å². The Hall–Kier alpha value is -0.720. The highest BCUT2D eigenvalue weighted by Gasteiger charge is 2.39. The van der Waals surface area contributed by atoms with E-state index in [1.165, 1.54) is 0 Å². The second-order valence-corrected chi connectivity index (χ2v) is 5.47. The fourth-order valence-corrected chi connectivity index (χ4v) is 2.30. The predicted molar refractivity (Wildman–Crippen MR) is 73.6 cm³/mol. The van der Waals surface area contributed by atoms with Gasteiger partial charge in [-0.2, -0.15) is 0 Å². The molecule has 0 aliphatic carbocycles. The van der Waals surface area contributed by atoms with Crippen LogP contribution >= 0.6 is 0 Å². The number of unbranched alkanes of at least 4 members (excludes halogenated alkanes) is 2. The smallest absolute Gasteiger partial charge is 0.225 e. The number of aliphatic hydroxyl groups is 1. The third kappa shape index (κ3) is 5.84. The van der Waals surface area contributed by atoms with Crippen LogP contribution in [0.25, 0.3) is 0 Å². The molecule has 0 spiro atoms. The van der Waals surface area contributed by atoms with E-state index < -0.39 is 6.10 Å². The van der Waals surface area contributed by atoms with Crippen molar-refractivity contribution in [3.8, 4) is 0 Å². The van der Waals surface area contributed by atoms with Gasteiger partial charge >= 0.3 is 0 Å². The molecule has 1 aliphatic rings.